The molecule has 0 amide bonds. The first-order valence-electron chi connectivity index (χ1n) is 22.5. The highest BCUT2D eigenvalue weighted by atomic mass is 31.2. The SMILES string of the molecule is COc1cc(C2Oc3cc([C@H]4Oc5cc(OC(C)=O)cc(OC(C)=O)c5C(=O)[C@@H]4OC(C)=O)ccc3OC2COP(=O)(OCCC#N)OC[C@H]2O[C@@H](n3cc(C)c(=O)[nH]c3=O)C[C@@H]2OC(C)=O)ccc1OC(C)=O. The summed E-state index contributed by atoms with van der Waals surface area (Å²) in [6.45, 7) is 5.44. The van der Waals surface area contributed by atoms with E-state index in [-0.39, 0.29) is 69.8 Å². The van der Waals surface area contributed by atoms with Crippen LogP contribution in [0.1, 0.15) is 92.9 Å². The second-order valence-corrected chi connectivity index (χ2v) is 18.3. The summed E-state index contributed by atoms with van der Waals surface area (Å²) in [6, 6.07) is 13.0. The molecule has 8 atom stereocenters. The lowest BCUT2D eigenvalue weighted by Crippen LogP contribution is -2.40. The summed E-state index contributed by atoms with van der Waals surface area (Å²) in [7, 11) is -3.41. The number of ether oxygens (including phenoxy) is 10. The predicted octanol–water partition coefficient (Wildman–Crippen LogP) is 4.75. The highest BCUT2D eigenvalue weighted by molar-refractivity contribution is 7.48. The molecule has 26 heteroatoms. The van der Waals surface area contributed by atoms with Crippen LogP contribution in [0.25, 0.3) is 0 Å². The molecular formula is C48H48N3O22P. The summed E-state index contributed by atoms with van der Waals surface area (Å²) in [5.74, 6) is -5.02. The number of nitrogens with one attached hydrogen (secondary N) is 1. The molecule has 4 aromatic rings. The number of hydrogen-bond acceptors (Lipinski definition) is 23. The first-order valence-corrected chi connectivity index (χ1v) is 23.9. The maximum absolute atomic E-state index is 14.5. The number of H-pyrrole nitrogens is 1. The summed E-state index contributed by atoms with van der Waals surface area (Å²) in [4.78, 5) is 102. The van der Waals surface area contributed by atoms with Gasteiger partial charge in [-0.05, 0) is 31.2 Å². The zero-order chi connectivity index (χ0) is 53.6. The molecule has 1 fully saturated rings. The molecule has 0 aliphatic carbocycles. The first-order chi connectivity index (χ1) is 35.1. The molecule has 1 N–H and O–H groups in total. The molecule has 25 nitrogen and oxygen atoms in total. The van der Waals surface area contributed by atoms with E-state index >= 15 is 0 Å². The van der Waals surface area contributed by atoms with Gasteiger partial charge >= 0.3 is 43.4 Å². The maximum atomic E-state index is 14.5. The van der Waals surface area contributed by atoms with Gasteiger partial charge in [0, 0.05) is 76.1 Å². The third kappa shape index (κ3) is 12.6. The van der Waals surface area contributed by atoms with E-state index in [2.05, 4.69) is 4.98 Å². The van der Waals surface area contributed by atoms with Gasteiger partial charge < -0.3 is 47.4 Å². The number of nitriles is 1. The van der Waals surface area contributed by atoms with E-state index in [0.29, 0.717) is 5.56 Å². The van der Waals surface area contributed by atoms with Crippen LogP contribution in [0.2, 0.25) is 0 Å². The monoisotopic (exact) mass is 1050 g/mol. The number of rotatable bonds is 18. The Morgan fingerprint density at radius 1 is 0.730 bits per heavy atom. The topological polar surface area (TPSA) is 318 Å². The van der Waals surface area contributed by atoms with Crippen molar-refractivity contribution >= 4 is 43.5 Å². The Morgan fingerprint density at radius 3 is 2.04 bits per heavy atom. The van der Waals surface area contributed by atoms with Gasteiger partial charge in [0.2, 0.25) is 11.9 Å². The molecule has 3 aromatic carbocycles. The lowest BCUT2D eigenvalue weighted by molar-refractivity contribution is -0.150. The minimum absolute atomic E-state index is 0.0235. The number of ketones is 1. The van der Waals surface area contributed by atoms with E-state index in [1.807, 2.05) is 6.07 Å². The number of aryl methyl sites for hydroxylation is 1. The smallest absolute Gasteiger partial charge is 0.475 e. The van der Waals surface area contributed by atoms with Crippen molar-refractivity contribution in [1.29, 1.82) is 5.26 Å². The molecule has 3 aliphatic rings. The highest BCUT2D eigenvalue weighted by Crippen LogP contribution is 2.53. The van der Waals surface area contributed by atoms with Crippen molar-refractivity contribution in [2.75, 3.05) is 26.9 Å². The number of nitrogens with zero attached hydrogens (tertiary/aromatic N) is 2. The average molecular weight is 1050 g/mol. The number of aromatic amines is 1. The normalized spacial score (nSPS) is 21.4. The maximum Gasteiger partial charge on any atom is 0.475 e. The van der Waals surface area contributed by atoms with Gasteiger partial charge in [0.1, 0.15) is 41.2 Å². The van der Waals surface area contributed by atoms with Crippen LogP contribution in [0, 0.1) is 18.3 Å². The molecule has 7 rings (SSSR count). The van der Waals surface area contributed by atoms with Gasteiger partial charge in [-0.15, -0.1) is 0 Å². The number of Topliss-reactive ketones (excluding diaryl/α,β-unsaturated/α-hetero) is 1. The first kappa shape index (κ1) is 53.9. The fraction of sp³-hybridized carbons (Fsp3) is 0.396. The summed E-state index contributed by atoms with van der Waals surface area (Å²) < 4.78 is 90.5. The summed E-state index contributed by atoms with van der Waals surface area (Å²) in [6.07, 6.45) is -7.86. The van der Waals surface area contributed by atoms with Gasteiger partial charge in [-0.2, -0.15) is 5.26 Å². The lowest BCUT2D eigenvalue weighted by Gasteiger charge is -2.36. The minimum Gasteiger partial charge on any atom is -0.493 e. The molecular weight excluding hydrogens is 1000 g/mol. The fourth-order valence-electron chi connectivity index (χ4n) is 8.01. The zero-order valence-corrected chi connectivity index (χ0v) is 41.5. The Balaban J connectivity index is 1.21. The van der Waals surface area contributed by atoms with Gasteiger partial charge in [0.15, 0.2) is 41.3 Å². The number of carbonyl (C=O) groups excluding carboxylic acids is 6. The lowest BCUT2D eigenvalue weighted by atomic mass is 9.92. The van der Waals surface area contributed by atoms with Crippen molar-refractivity contribution in [3.8, 4) is 46.3 Å². The second kappa shape index (κ2) is 22.9. The Kier molecular flexibility index (Phi) is 16.7. The Bertz CT molecular complexity index is 3090. The van der Waals surface area contributed by atoms with Crippen molar-refractivity contribution < 1.29 is 94.3 Å². The third-order valence-corrected chi connectivity index (χ3v) is 12.5. The number of esters is 5. The van der Waals surface area contributed by atoms with Crippen LogP contribution in [-0.4, -0.2) is 96.5 Å². The molecule has 3 aliphatic heterocycles. The molecule has 4 heterocycles. The van der Waals surface area contributed by atoms with Crippen molar-refractivity contribution in [2.45, 2.75) is 97.2 Å². The van der Waals surface area contributed by atoms with Crippen LogP contribution < -0.4 is 44.4 Å². The molecule has 0 radical (unpaired) electrons. The van der Waals surface area contributed by atoms with Crippen LogP contribution >= 0.6 is 7.82 Å². The van der Waals surface area contributed by atoms with Crippen LogP contribution in [0.15, 0.2) is 64.3 Å². The van der Waals surface area contributed by atoms with Crippen LogP contribution in [0.3, 0.4) is 0 Å². The second-order valence-electron chi connectivity index (χ2n) is 16.6. The van der Waals surface area contributed by atoms with E-state index in [4.69, 9.17) is 60.9 Å². The van der Waals surface area contributed by atoms with Crippen molar-refractivity contribution in [1.82, 2.24) is 9.55 Å². The van der Waals surface area contributed by atoms with Crippen molar-refractivity contribution in [2.24, 2.45) is 0 Å². The van der Waals surface area contributed by atoms with E-state index in [0.717, 1.165) is 38.3 Å². The number of phosphoric acid groups is 1. The number of carbonyl (C=O) groups is 6. The number of fused-ring (bicyclic) bond motifs is 2. The quantitative estimate of drug-likeness (QED) is 0.0608. The van der Waals surface area contributed by atoms with Gasteiger partial charge in [0.05, 0.1) is 39.4 Å². The molecule has 1 saturated heterocycles. The van der Waals surface area contributed by atoms with Crippen molar-refractivity contribution in [3.05, 3.63) is 97.8 Å². The zero-order valence-electron chi connectivity index (χ0n) is 40.6. The number of hydrogen-bond donors (Lipinski definition) is 1. The number of aromatic nitrogens is 2. The standard InChI is InChI=1S/C48H48N3O22P/c1-23-20-51(48(59)50-47(23)58)41-19-36(67-26(4)54)39(71-41)21-63-74(60,62-14-8-13-49)64-22-40-44(29-9-11-32(66-25(3)53)34(15-29)61-7)72-35-16-30(10-12-33(35)70-40)45-46(69-28(6)56)43(57)42-37(68-27(5)55)17-31(65-24(2)52)18-38(42)73-45/h9-12,15-18,20,36,39-41,44-46H,8,14,19,21-22H2,1-7H3,(H,50,58,59)/t36-,39+,40?,41+,44?,45+,46-,74?/m0/s1. The fourth-order valence-corrected chi connectivity index (χ4v) is 9.21. The molecule has 1 aromatic heterocycles. The van der Waals surface area contributed by atoms with Gasteiger partial charge in [-0.3, -0.25) is 56.7 Å². The minimum atomic E-state index is -4.74. The Hall–Kier alpha value is -7.88. The van der Waals surface area contributed by atoms with E-state index in [1.54, 1.807) is 0 Å². The molecule has 0 spiro atoms. The highest BCUT2D eigenvalue weighted by Gasteiger charge is 2.46. The van der Waals surface area contributed by atoms with Gasteiger partial charge in [-0.25, -0.2) is 9.36 Å². The third-order valence-electron chi connectivity index (χ3n) is 11.0. The van der Waals surface area contributed by atoms with Crippen LogP contribution in [-0.2, 0) is 56.3 Å². The number of benzene rings is 3. The number of phosphoric ester groups is 1. The van der Waals surface area contributed by atoms with E-state index in [1.165, 1.54) is 69.6 Å². The Labute approximate surface area is 419 Å². The number of methoxy groups -OCH3 is 1. The van der Waals surface area contributed by atoms with E-state index < -0.39 is 117 Å². The van der Waals surface area contributed by atoms with Crippen molar-refractivity contribution in [3.63, 3.8) is 0 Å². The predicted molar refractivity (Wildman–Crippen MR) is 247 cm³/mol. The van der Waals surface area contributed by atoms with Gasteiger partial charge in [0.25, 0.3) is 5.56 Å². The molecule has 74 heavy (non-hydrogen) atoms. The largest absolute Gasteiger partial charge is 0.493 e. The summed E-state index contributed by atoms with van der Waals surface area (Å²) in [5, 5.41) is 9.30. The van der Waals surface area contributed by atoms with Gasteiger partial charge in [-0.1, -0.05) is 12.1 Å². The molecule has 0 bridgehead atoms. The Morgan fingerprint density at radius 2 is 1.38 bits per heavy atom. The summed E-state index contributed by atoms with van der Waals surface area (Å²) >= 11 is 0. The van der Waals surface area contributed by atoms with E-state index in [9.17, 15) is 48.2 Å². The molecule has 0 saturated carbocycles. The average Bonchev–Trinajstić information content (AvgIpc) is 3.72. The van der Waals surface area contributed by atoms with Crippen LogP contribution in [0.4, 0.5) is 0 Å². The van der Waals surface area contributed by atoms with Crippen LogP contribution in [0.5, 0.6) is 40.2 Å². The molecule has 3 unspecified atom stereocenters. The summed E-state index contributed by atoms with van der Waals surface area (Å²) in [5.41, 5.74) is -0.989. The molecule has 392 valence electrons.